The fraction of sp³-hybridized carbons (Fsp3) is 0.923. The van der Waals surface area contributed by atoms with Crippen LogP contribution in [0.1, 0.15) is 67.7 Å². The third-order valence-corrected chi connectivity index (χ3v) is 1.49. The average molecular weight is 234 g/mol. The predicted octanol–water partition coefficient (Wildman–Crippen LogP) is 3.11. The maximum atomic E-state index is 10.6. The highest BCUT2D eigenvalue weighted by molar-refractivity contribution is 5.80. The third-order valence-electron chi connectivity index (χ3n) is 1.49. The van der Waals surface area contributed by atoms with E-state index in [1.54, 1.807) is 0 Å². The van der Waals surface area contributed by atoms with Gasteiger partial charge in [0.05, 0.1) is 6.04 Å². The molecule has 1 unspecified atom stereocenters. The van der Waals surface area contributed by atoms with Crippen LogP contribution in [0.4, 0.5) is 0 Å². The number of carbonyl (C=O) groups is 1. The number of nitrogens with two attached hydrogens (primary N) is 2. The summed E-state index contributed by atoms with van der Waals surface area (Å²) in [5, 5.41) is 0. The summed E-state index contributed by atoms with van der Waals surface area (Å²) in [7, 11) is 0. The van der Waals surface area contributed by atoms with Crippen molar-refractivity contribution < 1.29 is 4.79 Å². The minimum atomic E-state index is -0.272. The van der Waals surface area contributed by atoms with Gasteiger partial charge >= 0.3 is 0 Å². The zero-order valence-corrected chi connectivity index (χ0v) is 12.5. The first-order valence-electron chi connectivity index (χ1n) is 6.64. The first-order chi connectivity index (χ1) is 7.68. The van der Waals surface area contributed by atoms with E-state index in [0.717, 1.165) is 19.3 Å². The number of ketones is 1. The van der Waals surface area contributed by atoms with Crippen molar-refractivity contribution in [3.8, 4) is 0 Å². The Kier molecular flexibility index (Phi) is 45.2. The Morgan fingerprint density at radius 1 is 1.00 bits per heavy atom. The van der Waals surface area contributed by atoms with E-state index in [9.17, 15) is 4.79 Å². The highest BCUT2D eigenvalue weighted by Gasteiger charge is 2.05. The number of carbonyl (C=O) groups excluding carboxylic acids is 1. The van der Waals surface area contributed by atoms with Crippen molar-refractivity contribution in [1.82, 2.24) is 0 Å². The third kappa shape index (κ3) is 29.2. The van der Waals surface area contributed by atoms with E-state index < -0.39 is 0 Å². The summed E-state index contributed by atoms with van der Waals surface area (Å²) in [6, 6.07) is -0.272. The van der Waals surface area contributed by atoms with E-state index >= 15 is 0 Å². The van der Waals surface area contributed by atoms with Gasteiger partial charge in [0.25, 0.3) is 0 Å². The van der Waals surface area contributed by atoms with Crippen LogP contribution in [0.25, 0.3) is 0 Å². The minimum absolute atomic E-state index is 0.0667. The summed E-state index contributed by atoms with van der Waals surface area (Å²) < 4.78 is 0. The van der Waals surface area contributed by atoms with Crippen LogP contribution in [0.2, 0.25) is 0 Å². The lowest BCUT2D eigenvalue weighted by Crippen LogP contribution is -2.28. The van der Waals surface area contributed by atoms with Crippen LogP contribution in [0, 0.1) is 0 Å². The molecule has 0 aliphatic heterocycles. The average Bonchev–Trinajstić information content (AvgIpc) is 2.36. The zero-order chi connectivity index (χ0) is 14.0. The van der Waals surface area contributed by atoms with Crippen molar-refractivity contribution in [1.29, 1.82) is 0 Å². The van der Waals surface area contributed by atoms with Crippen molar-refractivity contribution in [2.75, 3.05) is 6.54 Å². The molecular weight excluding hydrogens is 200 g/mol. The number of hydrogen-bond donors (Lipinski definition) is 2. The molecule has 3 nitrogen and oxygen atoms in total. The molecule has 0 radical (unpaired) electrons. The zero-order valence-electron chi connectivity index (χ0n) is 12.5. The molecule has 3 heteroatoms. The quantitative estimate of drug-likeness (QED) is 0.718. The monoisotopic (exact) mass is 234 g/mol. The van der Waals surface area contributed by atoms with Gasteiger partial charge in [0.15, 0.2) is 0 Å². The van der Waals surface area contributed by atoms with Gasteiger partial charge in [-0.1, -0.05) is 48.0 Å². The molecule has 0 amide bonds. The van der Waals surface area contributed by atoms with Crippen LogP contribution in [-0.2, 0) is 4.79 Å². The minimum Gasteiger partial charge on any atom is -0.330 e. The lowest BCUT2D eigenvalue weighted by molar-refractivity contribution is -0.118. The molecule has 0 aliphatic carbocycles. The second kappa shape index (κ2) is 29.3. The Morgan fingerprint density at radius 2 is 1.38 bits per heavy atom. The lowest BCUT2D eigenvalue weighted by Gasteiger charge is -2.05. The van der Waals surface area contributed by atoms with E-state index in [1.807, 2.05) is 41.5 Å². The Balaban J connectivity index is -0.000000103. The van der Waals surface area contributed by atoms with Gasteiger partial charge in [0, 0.05) is 0 Å². The summed E-state index contributed by atoms with van der Waals surface area (Å²) in [4.78, 5) is 10.6. The van der Waals surface area contributed by atoms with Crippen LogP contribution < -0.4 is 11.5 Å². The van der Waals surface area contributed by atoms with Gasteiger partial charge in [-0.05, 0) is 26.3 Å². The normalized spacial score (nSPS) is 9.31. The fourth-order valence-corrected chi connectivity index (χ4v) is 0.712. The largest absolute Gasteiger partial charge is 0.330 e. The Bertz CT molecular complexity index is 106. The van der Waals surface area contributed by atoms with E-state index in [-0.39, 0.29) is 11.8 Å². The van der Waals surface area contributed by atoms with Crippen molar-refractivity contribution >= 4 is 5.78 Å². The van der Waals surface area contributed by atoms with Gasteiger partial charge in [-0.15, -0.1) is 0 Å². The first kappa shape index (κ1) is 24.7. The fourth-order valence-electron chi connectivity index (χ4n) is 0.712. The van der Waals surface area contributed by atoms with Gasteiger partial charge < -0.3 is 11.5 Å². The molecule has 0 aromatic heterocycles. The van der Waals surface area contributed by atoms with Gasteiger partial charge in [0.2, 0.25) is 0 Å². The standard InChI is InChI=1S/C7H16N2O.3C2H6/c1-6(10)7(9)4-2-3-5-8;3*1-2/h7H,2-5,8-9H2,1H3;3*1-2H3. The molecule has 0 aliphatic rings. The number of unbranched alkanes of at least 4 members (excludes halogenated alkanes) is 1. The topological polar surface area (TPSA) is 69.1 Å². The summed E-state index contributed by atoms with van der Waals surface area (Å²) in [6.07, 6.45) is 2.69. The van der Waals surface area contributed by atoms with E-state index in [1.165, 1.54) is 6.92 Å². The number of Topliss-reactive ketones (excluding diaryl/α,β-unsaturated/α-hetero) is 1. The van der Waals surface area contributed by atoms with Crippen LogP contribution in [0.3, 0.4) is 0 Å². The molecule has 0 aromatic rings. The van der Waals surface area contributed by atoms with Gasteiger partial charge in [-0.3, -0.25) is 4.79 Å². The maximum Gasteiger partial charge on any atom is 0.146 e. The second-order valence-electron chi connectivity index (χ2n) is 2.50. The van der Waals surface area contributed by atoms with Crippen molar-refractivity contribution in [2.45, 2.75) is 73.8 Å². The number of hydrogen-bond acceptors (Lipinski definition) is 3. The highest BCUT2D eigenvalue weighted by Crippen LogP contribution is 1.97. The summed E-state index contributed by atoms with van der Waals surface area (Å²) in [5.74, 6) is 0.0667. The summed E-state index contributed by atoms with van der Waals surface area (Å²) >= 11 is 0. The second-order valence-corrected chi connectivity index (χ2v) is 2.50. The molecule has 0 aromatic carbocycles. The predicted molar refractivity (Wildman–Crippen MR) is 75.6 cm³/mol. The first-order valence-corrected chi connectivity index (χ1v) is 6.64. The smallest absolute Gasteiger partial charge is 0.146 e. The van der Waals surface area contributed by atoms with E-state index in [4.69, 9.17) is 11.5 Å². The Morgan fingerprint density at radius 3 is 1.62 bits per heavy atom. The molecule has 4 N–H and O–H groups in total. The van der Waals surface area contributed by atoms with Crippen molar-refractivity contribution in [3.63, 3.8) is 0 Å². The van der Waals surface area contributed by atoms with E-state index in [2.05, 4.69) is 0 Å². The maximum absolute atomic E-state index is 10.6. The number of rotatable bonds is 5. The Hall–Kier alpha value is -0.410. The van der Waals surface area contributed by atoms with Gasteiger partial charge in [0.1, 0.15) is 5.78 Å². The van der Waals surface area contributed by atoms with Crippen LogP contribution >= 0.6 is 0 Å². The van der Waals surface area contributed by atoms with Gasteiger partial charge in [-0.25, -0.2) is 0 Å². The molecule has 0 rings (SSSR count). The molecule has 0 saturated carbocycles. The SMILES string of the molecule is CC.CC.CC.CC(=O)C(N)CCCCN. The Labute approximate surface area is 103 Å². The van der Waals surface area contributed by atoms with Crippen LogP contribution in [0.15, 0.2) is 0 Å². The lowest BCUT2D eigenvalue weighted by atomic mass is 10.1. The molecule has 102 valence electrons. The summed E-state index contributed by atoms with van der Waals surface area (Å²) in [6.45, 7) is 14.2. The molecule has 0 saturated heterocycles. The highest BCUT2D eigenvalue weighted by atomic mass is 16.1. The molecule has 0 fully saturated rings. The summed E-state index contributed by atoms with van der Waals surface area (Å²) in [5.41, 5.74) is 10.7. The van der Waals surface area contributed by atoms with Crippen molar-refractivity contribution in [3.05, 3.63) is 0 Å². The molecule has 0 heterocycles. The van der Waals surface area contributed by atoms with Crippen LogP contribution in [-0.4, -0.2) is 18.4 Å². The molecular formula is C13H34N2O. The van der Waals surface area contributed by atoms with Crippen molar-refractivity contribution in [2.24, 2.45) is 11.5 Å². The molecule has 0 bridgehead atoms. The van der Waals surface area contributed by atoms with E-state index in [0.29, 0.717) is 6.54 Å². The van der Waals surface area contributed by atoms with Crippen LogP contribution in [0.5, 0.6) is 0 Å². The molecule has 1 atom stereocenters. The van der Waals surface area contributed by atoms with Gasteiger partial charge in [-0.2, -0.15) is 0 Å². The molecule has 16 heavy (non-hydrogen) atoms. The molecule has 0 spiro atoms.